The molecule has 1 aliphatic heterocycles. The summed E-state index contributed by atoms with van der Waals surface area (Å²) >= 11 is 6.41. The number of fused-ring (bicyclic) bond motifs is 1. The van der Waals surface area contributed by atoms with E-state index in [1.54, 1.807) is 19.5 Å². The minimum absolute atomic E-state index is 0.140. The first-order chi connectivity index (χ1) is 19.8. The van der Waals surface area contributed by atoms with Gasteiger partial charge in [0.05, 0.1) is 27.9 Å². The number of hydrogen-bond acceptors (Lipinski definition) is 8. The third-order valence-electron chi connectivity index (χ3n) is 8.93. The third kappa shape index (κ3) is 5.64. The lowest BCUT2D eigenvalue weighted by atomic mass is 9.81. The second kappa shape index (κ2) is 11.6. The smallest absolute Gasteiger partial charge is 0.380 e. The predicted octanol–water partition coefficient (Wildman–Crippen LogP) is 5.96. The molecular formula is C30H38ClN7O3. The molecule has 0 radical (unpaired) electrons. The molecule has 6 rings (SSSR count). The van der Waals surface area contributed by atoms with Crippen molar-refractivity contribution in [2.45, 2.75) is 78.0 Å². The molecule has 0 aromatic carbocycles. The lowest BCUT2D eigenvalue weighted by Gasteiger charge is -2.30. The Balaban J connectivity index is 1.54. The van der Waals surface area contributed by atoms with Gasteiger partial charge in [-0.15, -0.1) is 0 Å². The number of halogens is 1. The molecule has 1 saturated carbocycles. The second-order valence-electron chi connectivity index (χ2n) is 12.1. The molecule has 5 heterocycles. The van der Waals surface area contributed by atoms with Gasteiger partial charge in [0.15, 0.2) is 0 Å². The molecule has 1 N–H and O–H groups in total. The molecule has 4 aromatic heterocycles. The summed E-state index contributed by atoms with van der Waals surface area (Å²) in [6.07, 6.45) is 10.6. The summed E-state index contributed by atoms with van der Waals surface area (Å²) in [5.41, 5.74) is 3.62. The number of anilines is 1. The van der Waals surface area contributed by atoms with Crippen LogP contribution in [0, 0.1) is 17.8 Å². The SMILES string of the molecule is CO[C@@H]1C[C@@H](C(C)C)N(c2nc3cc(-c4noc(=O)[nH]4)nc(-c4cncc(Cl)c4)c3n2CCC2CCC(C)CC2)C1. The second-order valence-corrected chi connectivity index (χ2v) is 12.5. The van der Waals surface area contributed by atoms with E-state index in [0.29, 0.717) is 34.3 Å². The zero-order chi connectivity index (χ0) is 28.7. The summed E-state index contributed by atoms with van der Waals surface area (Å²) in [4.78, 5) is 31.4. The van der Waals surface area contributed by atoms with Crippen molar-refractivity contribution >= 4 is 28.6 Å². The van der Waals surface area contributed by atoms with Crippen LogP contribution in [-0.2, 0) is 11.3 Å². The first-order valence-electron chi connectivity index (χ1n) is 14.7. The van der Waals surface area contributed by atoms with Crippen LogP contribution in [-0.4, -0.2) is 55.5 Å². The van der Waals surface area contributed by atoms with Gasteiger partial charge in [-0.05, 0) is 42.7 Å². The Morgan fingerprint density at radius 3 is 2.66 bits per heavy atom. The molecule has 2 atom stereocenters. The van der Waals surface area contributed by atoms with Gasteiger partial charge in [0, 0.05) is 44.2 Å². The Morgan fingerprint density at radius 2 is 1.98 bits per heavy atom. The summed E-state index contributed by atoms with van der Waals surface area (Å²) in [6.45, 7) is 8.48. The van der Waals surface area contributed by atoms with Gasteiger partial charge in [-0.25, -0.2) is 14.8 Å². The molecule has 0 bridgehead atoms. The quantitative estimate of drug-likeness (QED) is 0.272. The van der Waals surface area contributed by atoms with Crippen LogP contribution >= 0.6 is 11.6 Å². The fraction of sp³-hybridized carbons (Fsp3) is 0.567. The standard InChI is InChI=1S/C30H38ClN7O3/c1-17(2)25-12-22(40-4)16-38(25)29-34-23-13-24(28-35-30(39)41-36-28)33-26(20-11-21(31)15-32-14-20)27(23)37(29)10-9-19-7-5-18(3)6-8-19/h11,13-15,17-19,22,25H,5-10,12,16H2,1-4H3,(H,35,36,39)/t18?,19?,22-,25+/m1/s1. The van der Waals surface area contributed by atoms with Crippen LogP contribution in [0.4, 0.5) is 5.95 Å². The van der Waals surface area contributed by atoms with E-state index in [2.05, 4.69) is 45.4 Å². The average molecular weight is 580 g/mol. The highest BCUT2D eigenvalue weighted by Crippen LogP contribution is 2.39. The van der Waals surface area contributed by atoms with Gasteiger partial charge in [0.2, 0.25) is 11.8 Å². The number of rotatable bonds is 8. The number of H-pyrrole nitrogens is 1. The number of aromatic nitrogens is 6. The maximum Gasteiger partial charge on any atom is 0.439 e. The molecule has 2 aliphatic rings. The van der Waals surface area contributed by atoms with Gasteiger partial charge in [0.1, 0.15) is 5.69 Å². The van der Waals surface area contributed by atoms with Crippen LogP contribution in [0.3, 0.4) is 0 Å². The fourth-order valence-corrected chi connectivity index (χ4v) is 6.74. The number of aryl methyl sites for hydroxylation is 1. The van der Waals surface area contributed by atoms with Crippen molar-refractivity contribution in [2.24, 2.45) is 17.8 Å². The third-order valence-corrected chi connectivity index (χ3v) is 9.13. The van der Waals surface area contributed by atoms with Gasteiger partial charge in [-0.3, -0.25) is 14.5 Å². The van der Waals surface area contributed by atoms with Crippen molar-refractivity contribution in [2.75, 3.05) is 18.6 Å². The fourth-order valence-electron chi connectivity index (χ4n) is 6.57. The highest BCUT2D eigenvalue weighted by Gasteiger charge is 2.37. The molecule has 0 unspecified atom stereocenters. The molecule has 0 amide bonds. The van der Waals surface area contributed by atoms with Gasteiger partial charge >= 0.3 is 5.76 Å². The van der Waals surface area contributed by atoms with E-state index in [1.807, 2.05) is 12.1 Å². The Hall–Kier alpha value is -3.24. The topological polar surface area (TPSA) is 115 Å². The average Bonchev–Trinajstić information content (AvgIpc) is 3.68. The number of nitrogens with zero attached hydrogens (tertiary/aromatic N) is 6. The number of ether oxygens (including phenoxy) is 1. The van der Waals surface area contributed by atoms with Crippen molar-refractivity contribution in [3.63, 3.8) is 0 Å². The van der Waals surface area contributed by atoms with Crippen molar-refractivity contribution < 1.29 is 9.26 Å². The normalized spacial score (nSPS) is 23.2. The zero-order valence-electron chi connectivity index (χ0n) is 24.1. The maximum absolute atomic E-state index is 11.8. The van der Waals surface area contributed by atoms with Gasteiger partial charge in [-0.1, -0.05) is 63.2 Å². The van der Waals surface area contributed by atoms with E-state index in [0.717, 1.165) is 54.4 Å². The summed E-state index contributed by atoms with van der Waals surface area (Å²) < 4.78 is 13.0. The van der Waals surface area contributed by atoms with Crippen LogP contribution in [0.1, 0.15) is 59.3 Å². The van der Waals surface area contributed by atoms with Crippen LogP contribution in [0.5, 0.6) is 0 Å². The van der Waals surface area contributed by atoms with E-state index in [1.165, 1.54) is 25.7 Å². The zero-order valence-corrected chi connectivity index (χ0v) is 24.9. The summed E-state index contributed by atoms with van der Waals surface area (Å²) in [7, 11) is 1.79. The van der Waals surface area contributed by atoms with Crippen LogP contribution in [0.15, 0.2) is 33.8 Å². The molecule has 41 heavy (non-hydrogen) atoms. The number of methoxy groups -OCH3 is 1. The Labute approximate surface area is 244 Å². The maximum atomic E-state index is 11.8. The molecule has 1 saturated heterocycles. The van der Waals surface area contributed by atoms with E-state index in [-0.39, 0.29) is 11.9 Å². The molecule has 10 nitrogen and oxygen atoms in total. The van der Waals surface area contributed by atoms with E-state index in [9.17, 15) is 4.79 Å². The summed E-state index contributed by atoms with van der Waals surface area (Å²) in [5.74, 6) is 2.46. The van der Waals surface area contributed by atoms with Crippen LogP contribution in [0.25, 0.3) is 33.8 Å². The lowest BCUT2D eigenvalue weighted by Crippen LogP contribution is -2.35. The van der Waals surface area contributed by atoms with Gasteiger partial charge < -0.3 is 14.2 Å². The van der Waals surface area contributed by atoms with Crippen molar-refractivity contribution in [3.05, 3.63) is 40.1 Å². The number of hydrogen-bond donors (Lipinski definition) is 1. The Morgan fingerprint density at radius 1 is 1.17 bits per heavy atom. The molecule has 2 fully saturated rings. The molecule has 0 spiro atoms. The minimum atomic E-state index is -0.636. The van der Waals surface area contributed by atoms with E-state index >= 15 is 0 Å². The molecule has 1 aliphatic carbocycles. The highest BCUT2D eigenvalue weighted by molar-refractivity contribution is 6.30. The largest absolute Gasteiger partial charge is 0.439 e. The Kier molecular flexibility index (Phi) is 7.87. The first-order valence-corrected chi connectivity index (χ1v) is 15.1. The summed E-state index contributed by atoms with van der Waals surface area (Å²) in [5, 5.41) is 4.42. The summed E-state index contributed by atoms with van der Waals surface area (Å²) in [6, 6.07) is 4.03. The van der Waals surface area contributed by atoms with Crippen molar-refractivity contribution in [1.82, 2.24) is 29.7 Å². The Bertz CT molecular complexity index is 1570. The number of aromatic amines is 1. The van der Waals surface area contributed by atoms with Crippen molar-refractivity contribution in [1.29, 1.82) is 0 Å². The highest BCUT2D eigenvalue weighted by atomic mass is 35.5. The van der Waals surface area contributed by atoms with E-state index in [4.69, 9.17) is 30.8 Å². The molecular weight excluding hydrogens is 542 g/mol. The lowest BCUT2D eigenvalue weighted by molar-refractivity contribution is 0.116. The molecule has 218 valence electrons. The number of nitrogens with one attached hydrogen (secondary N) is 1. The molecule has 11 heteroatoms. The monoisotopic (exact) mass is 579 g/mol. The van der Waals surface area contributed by atoms with Crippen LogP contribution in [0.2, 0.25) is 5.02 Å². The molecule has 4 aromatic rings. The minimum Gasteiger partial charge on any atom is -0.380 e. The van der Waals surface area contributed by atoms with Gasteiger partial charge in [-0.2, -0.15) is 0 Å². The predicted molar refractivity (Wildman–Crippen MR) is 159 cm³/mol. The van der Waals surface area contributed by atoms with Crippen molar-refractivity contribution in [3.8, 4) is 22.8 Å². The first kappa shape index (κ1) is 27.9. The van der Waals surface area contributed by atoms with Gasteiger partial charge in [0.25, 0.3) is 0 Å². The number of imidazole rings is 1. The van der Waals surface area contributed by atoms with Crippen LogP contribution < -0.4 is 10.7 Å². The van der Waals surface area contributed by atoms with E-state index < -0.39 is 5.76 Å². The number of pyridine rings is 2.